The number of hydrogen-bond donors (Lipinski definition) is 1. The molecule has 1 unspecified atom stereocenters. The summed E-state index contributed by atoms with van der Waals surface area (Å²) in [5.74, 6) is 0.573. The Bertz CT molecular complexity index is 396. The van der Waals surface area contributed by atoms with Crippen LogP contribution in [-0.4, -0.2) is 32.4 Å². The van der Waals surface area contributed by atoms with Gasteiger partial charge in [-0.25, -0.2) is 9.97 Å². The third-order valence-corrected chi connectivity index (χ3v) is 4.33. The van der Waals surface area contributed by atoms with Crippen molar-refractivity contribution in [1.29, 1.82) is 0 Å². The van der Waals surface area contributed by atoms with Gasteiger partial charge in [0.25, 0.3) is 0 Å². The molecule has 1 N–H and O–H groups in total. The van der Waals surface area contributed by atoms with Crippen LogP contribution in [-0.2, 0) is 17.8 Å². The average Bonchev–Trinajstić information content (AvgIpc) is 2.35. The van der Waals surface area contributed by atoms with E-state index in [0.717, 1.165) is 18.5 Å². The normalized spacial score (nSPS) is 15.1. The molecule has 0 aliphatic rings. The zero-order valence-corrected chi connectivity index (χ0v) is 13.1. The van der Waals surface area contributed by atoms with E-state index in [1.54, 1.807) is 7.11 Å². The minimum atomic E-state index is -1.04. The molecule has 19 heavy (non-hydrogen) atoms. The lowest BCUT2D eigenvalue weighted by atomic mass is 10.1. The molecule has 0 amide bonds. The van der Waals surface area contributed by atoms with E-state index in [-0.39, 0.29) is 10.8 Å². The standard InChI is InChI=1S/C13H23N3O2S/c1-10(16-19(17)13(2,3)4)6-7-11-8-12(18-5)15-9-14-11/h8-10,16H,6-7H2,1-5H3/t10-,19?/m1/s1. The molecule has 1 aromatic rings. The first-order valence-electron chi connectivity index (χ1n) is 6.36. The Kier molecular flexibility index (Phi) is 6.03. The number of methoxy groups -OCH3 is 1. The first kappa shape index (κ1) is 16.2. The molecule has 0 saturated carbocycles. The predicted octanol–water partition coefficient (Wildman–Crippen LogP) is 1.86. The van der Waals surface area contributed by atoms with Crippen LogP contribution < -0.4 is 9.46 Å². The number of hydrogen-bond acceptors (Lipinski definition) is 5. The predicted molar refractivity (Wildman–Crippen MR) is 77.4 cm³/mol. The zero-order chi connectivity index (χ0) is 14.5. The second-order valence-corrected chi connectivity index (χ2v) is 7.49. The second-order valence-electron chi connectivity index (χ2n) is 5.49. The van der Waals surface area contributed by atoms with Crippen LogP contribution in [0.15, 0.2) is 12.4 Å². The monoisotopic (exact) mass is 285 g/mol. The smallest absolute Gasteiger partial charge is 0.216 e. The Morgan fingerprint density at radius 2 is 2.11 bits per heavy atom. The van der Waals surface area contributed by atoms with E-state index < -0.39 is 11.4 Å². The Labute approximate surface area is 118 Å². The topological polar surface area (TPSA) is 70.1 Å². The fourth-order valence-electron chi connectivity index (χ4n) is 1.41. The van der Waals surface area contributed by atoms with Gasteiger partial charge >= 0.3 is 0 Å². The number of nitrogens with one attached hydrogen (secondary N) is 1. The third kappa shape index (κ3) is 5.76. The van der Waals surface area contributed by atoms with Gasteiger partial charge in [0.2, 0.25) is 5.88 Å². The van der Waals surface area contributed by atoms with Gasteiger partial charge in [-0.15, -0.1) is 4.72 Å². The third-order valence-electron chi connectivity index (χ3n) is 2.61. The molecule has 0 saturated heterocycles. The van der Waals surface area contributed by atoms with Crippen LogP contribution in [0.1, 0.15) is 39.8 Å². The van der Waals surface area contributed by atoms with Crippen LogP contribution in [0.25, 0.3) is 0 Å². The summed E-state index contributed by atoms with van der Waals surface area (Å²) >= 11 is -1.04. The molecular weight excluding hydrogens is 262 g/mol. The van der Waals surface area contributed by atoms with Crippen molar-refractivity contribution in [3.05, 3.63) is 18.1 Å². The van der Waals surface area contributed by atoms with E-state index in [4.69, 9.17) is 4.74 Å². The Hall–Kier alpha value is -0.850. The van der Waals surface area contributed by atoms with Crippen molar-refractivity contribution in [2.24, 2.45) is 0 Å². The molecule has 1 aromatic heterocycles. The highest BCUT2D eigenvalue weighted by molar-refractivity contribution is 7.90. The SMILES string of the molecule is COc1cc(CC[C@@H](C)N[S+]([O-])C(C)(C)C)ncn1. The molecular formula is C13H23N3O2S. The first-order chi connectivity index (χ1) is 8.82. The van der Waals surface area contributed by atoms with Gasteiger partial charge in [0.1, 0.15) is 11.1 Å². The number of ether oxygens (including phenoxy) is 1. The first-order valence-corrected chi connectivity index (χ1v) is 7.51. The maximum absolute atomic E-state index is 11.9. The van der Waals surface area contributed by atoms with Gasteiger partial charge in [0.05, 0.1) is 13.2 Å². The van der Waals surface area contributed by atoms with E-state index in [1.807, 2.05) is 33.8 Å². The summed E-state index contributed by atoms with van der Waals surface area (Å²) in [4.78, 5) is 8.16. The summed E-state index contributed by atoms with van der Waals surface area (Å²) in [7, 11) is 1.59. The second kappa shape index (κ2) is 7.07. The van der Waals surface area contributed by atoms with Crippen LogP contribution in [0.5, 0.6) is 5.88 Å². The van der Waals surface area contributed by atoms with Gasteiger partial charge < -0.3 is 9.29 Å². The minimum absolute atomic E-state index is 0.168. The van der Waals surface area contributed by atoms with Gasteiger partial charge in [-0.1, -0.05) is 0 Å². The molecule has 0 radical (unpaired) electrons. The van der Waals surface area contributed by atoms with Crippen molar-refractivity contribution >= 4 is 11.4 Å². The quantitative estimate of drug-likeness (QED) is 0.808. The Balaban J connectivity index is 2.43. The highest BCUT2D eigenvalue weighted by Crippen LogP contribution is 2.15. The fraction of sp³-hybridized carbons (Fsp3) is 0.692. The van der Waals surface area contributed by atoms with E-state index in [1.165, 1.54) is 6.33 Å². The summed E-state index contributed by atoms with van der Waals surface area (Å²) in [6, 6.07) is 1.99. The molecule has 1 heterocycles. The van der Waals surface area contributed by atoms with E-state index in [0.29, 0.717) is 5.88 Å². The van der Waals surface area contributed by atoms with Gasteiger partial charge in [-0.05, 0) is 40.5 Å². The molecule has 2 atom stereocenters. The fourth-order valence-corrected chi connectivity index (χ4v) is 2.25. The number of aromatic nitrogens is 2. The molecule has 0 aliphatic carbocycles. The van der Waals surface area contributed by atoms with Crippen LogP contribution in [0.4, 0.5) is 0 Å². The summed E-state index contributed by atoms with van der Waals surface area (Å²) in [6.07, 6.45) is 3.16. The molecule has 1 rings (SSSR count). The highest BCUT2D eigenvalue weighted by atomic mass is 32.2. The molecule has 0 aliphatic heterocycles. The van der Waals surface area contributed by atoms with Crippen molar-refractivity contribution < 1.29 is 9.29 Å². The van der Waals surface area contributed by atoms with Crippen LogP contribution in [0.2, 0.25) is 0 Å². The highest BCUT2D eigenvalue weighted by Gasteiger charge is 2.27. The largest absolute Gasteiger partial charge is 0.598 e. The summed E-state index contributed by atoms with van der Waals surface area (Å²) < 4.78 is 19.9. The molecule has 0 bridgehead atoms. The molecule has 0 fully saturated rings. The molecule has 108 valence electrons. The van der Waals surface area contributed by atoms with Crippen molar-refractivity contribution in [2.75, 3.05) is 7.11 Å². The van der Waals surface area contributed by atoms with Crippen molar-refractivity contribution in [2.45, 2.75) is 51.3 Å². The van der Waals surface area contributed by atoms with E-state index in [2.05, 4.69) is 14.7 Å². The van der Waals surface area contributed by atoms with Gasteiger partial charge in [-0.2, -0.15) is 0 Å². The molecule has 0 spiro atoms. The summed E-state index contributed by atoms with van der Waals surface area (Å²) in [5.41, 5.74) is 0.932. The molecule has 0 aromatic carbocycles. The average molecular weight is 285 g/mol. The van der Waals surface area contributed by atoms with E-state index in [9.17, 15) is 4.55 Å². The van der Waals surface area contributed by atoms with Crippen LogP contribution >= 0.6 is 0 Å². The van der Waals surface area contributed by atoms with Gasteiger partial charge in [0, 0.05) is 23.1 Å². The number of rotatable bonds is 6. The zero-order valence-electron chi connectivity index (χ0n) is 12.3. The lowest BCUT2D eigenvalue weighted by Gasteiger charge is -2.26. The lowest BCUT2D eigenvalue weighted by Crippen LogP contribution is -2.43. The molecule has 6 heteroatoms. The lowest BCUT2D eigenvalue weighted by molar-refractivity contribution is 0.395. The number of nitrogens with zero attached hydrogens (tertiary/aromatic N) is 2. The maximum Gasteiger partial charge on any atom is 0.216 e. The summed E-state index contributed by atoms with van der Waals surface area (Å²) in [5, 5.41) is 0. The van der Waals surface area contributed by atoms with Crippen LogP contribution in [0, 0.1) is 0 Å². The number of aryl methyl sites for hydroxylation is 1. The minimum Gasteiger partial charge on any atom is -0.598 e. The Morgan fingerprint density at radius 1 is 1.42 bits per heavy atom. The molecule has 5 nitrogen and oxygen atoms in total. The van der Waals surface area contributed by atoms with Crippen molar-refractivity contribution in [3.63, 3.8) is 0 Å². The van der Waals surface area contributed by atoms with Crippen LogP contribution in [0.3, 0.4) is 0 Å². The Morgan fingerprint density at radius 3 is 2.68 bits per heavy atom. The maximum atomic E-state index is 11.9. The van der Waals surface area contributed by atoms with Gasteiger partial charge in [0.15, 0.2) is 0 Å². The van der Waals surface area contributed by atoms with Gasteiger partial charge in [-0.3, -0.25) is 0 Å². The van der Waals surface area contributed by atoms with Crippen molar-refractivity contribution in [1.82, 2.24) is 14.7 Å². The van der Waals surface area contributed by atoms with E-state index >= 15 is 0 Å². The summed E-state index contributed by atoms with van der Waals surface area (Å²) in [6.45, 7) is 7.90. The van der Waals surface area contributed by atoms with Crippen molar-refractivity contribution in [3.8, 4) is 5.88 Å².